The van der Waals surface area contributed by atoms with Crippen LogP contribution in [0.4, 0.5) is 10.5 Å². The van der Waals surface area contributed by atoms with Crippen molar-refractivity contribution in [3.8, 4) is 11.1 Å². The van der Waals surface area contributed by atoms with E-state index in [0.717, 1.165) is 41.1 Å². The summed E-state index contributed by atoms with van der Waals surface area (Å²) in [4.78, 5) is 31.5. The zero-order chi connectivity index (χ0) is 24.6. The fourth-order valence-electron chi connectivity index (χ4n) is 4.14. The van der Waals surface area contributed by atoms with E-state index in [4.69, 9.17) is 9.47 Å². The first-order valence-corrected chi connectivity index (χ1v) is 12.8. The Kier molecular flexibility index (Phi) is 8.50. The molecule has 184 valence electrons. The number of nitrogens with one attached hydrogen (secondary N) is 1. The summed E-state index contributed by atoms with van der Waals surface area (Å²) in [6.45, 7) is 4.01. The highest BCUT2D eigenvalue weighted by molar-refractivity contribution is 7.10. The number of aromatic nitrogens is 1. The number of carbonyl (C=O) groups is 2. The molecule has 1 aliphatic rings. The minimum absolute atomic E-state index is 0.218. The highest BCUT2D eigenvalue weighted by Crippen LogP contribution is 2.32. The van der Waals surface area contributed by atoms with E-state index in [0.29, 0.717) is 25.4 Å². The fourth-order valence-corrected chi connectivity index (χ4v) is 5.11. The summed E-state index contributed by atoms with van der Waals surface area (Å²) in [5.41, 5.74) is 4.49. The molecule has 0 saturated carbocycles. The van der Waals surface area contributed by atoms with Crippen LogP contribution in [0.15, 0.2) is 53.9 Å². The quantitative estimate of drug-likeness (QED) is 0.414. The lowest BCUT2D eigenvalue weighted by molar-refractivity contribution is 0.0659. The average molecular weight is 494 g/mol. The summed E-state index contributed by atoms with van der Waals surface area (Å²) in [6, 6.07) is 16.2. The topological polar surface area (TPSA) is 80.8 Å². The number of hydrogen-bond acceptors (Lipinski definition) is 6. The first kappa shape index (κ1) is 24.9. The Hall–Kier alpha value is -3.23. The molecule has 0 bridgehead atoms. The van der Waals surface area contributed by atoms with Gasteiger partial charge in [0.2, 0.25) is 0 Å². The summed E-state index contributed by atoms with van der Waals surface area (Å²) < 4.78 is 10.1. The fraction of sp³-hybridized carbons (Fsp3) is 0.370. The van der Waals surface area contributed by atoms with Crippen molar-refractivity contribution < 1.29 is 19.1 Å². The monoisotopic (exact) mass is 493 g/mol. The van der Waals surface area contributed by atoms with Crippen LogP contribution < -0.4 is 5.32 Å². The lowest BCUT2D eigenvalue weighted by atomic mass is 9.98. The zero-order valence-electron chi connectivity index (χ0n) is 20.2. The van der Waals surface area contributed by atoms with Crippen LogP contribution in [0.1, 0.15) is 46.7 Å². The van der Waals surface area contributed by atoms with E-state index in [9.17, 15) is 9.59 Å². The van der Waals surface area contributed by atoms with E-state index < -0.39 is 0 Å². The second-order valence-electron chi connectivity index (χ2n) is 8.49. The second-order valence-corrected chi connectivity index (χ2v) is 9.38. The molecular formula is C27H31N3O4S. The van der Waals surface area contributed by atoms with E-state index in [1.54, 1.807) is 12.0 Å². The average Bonchev–Trinajstić information content (AvgIpc) is 3.40. The van der Waals surface area contributed by atoms with E-state index in [-0.39, 0.29) is 24.5 Å². The standard InChI is InChI=1S/C27H31N3O4S/c1-3-19-8-10-20(11-9-19)22-6-4-5-7-23(22)28-25(31)24-18-35-26(29-24)21-12-14-30(15-13-21)27(32)34-17-16-33-2/h4-11,18,21H,3,12-17H2,1-2H3,(H,28,31). The minimum atomic E-state index is -0.303. The van der Waals surface area contributed by atoms with E-state index in [2.05, 4.69) is 41.5 Å². The lowest BCUT2D eigenvalue weighted by Gasteiger charge is -2.30. The normalized spacial score (nSPS) is 14.1. The molecule has 7 nitrogen and oxygen atoms in total. The summed E-state index contributed by atoms with van der Waals surface area (Å²) in [6.07, 6.45) is 2.28. The maximum absolute atomic E-state index is 13.0. The second kappa shape index (κ2) is 12.0. The highest BCUT2D eigenvalue weighted by Gasteiger charge is 2.27. The zero-order valence-corrected chi connectivity index (χ0v) is 21.0. The molecule has 2 heterocycles. The molecule has 1 N–H and O–H groups in total. The largest absolute Gasteiger partial charge is 0.447 e. The predicted molar refractivity (Wildman–Crippen MR) is 138 cm³/mol. The molecule has 0 radical (unpaired) electrons. The molecule has 1 saturated heterocycles. The van der Waals surface area contributed by atoms with Crippen molar-refractivity contribution >= 4 is 29.0 Å². The molecule has 0 unspecified atom stereocenters. The number of rotatable bonds is 8. The number of amides is 2. The number of likely N-dealkylation sites (tertiary alicyclic amines) is 1. The van der Waals surface area contributed by atoms with Crippen LogP contribution in [-0.4, -0.2) is 55.3 Å². The summed E-state index contributed by atoms with van der Waals surface area (Å²) in [5.74, 6) is 0.0122. The van der Waals surface area contributed by atoms with Crippen LogP contribution in [0.2, 0.25) is 0 Å². The summed E-state index contributed by atoms with van der Waals surface area (Å²) in [5, 5.41) is 5.79. The first-order valence-electron chi connectivity index (χ1n) is 11.9. The molecule has 2 aromatic carbocycles. The Labute approximate surface area is 210 Å². The maximum Gasteiger partial charge on any atom is 0.409 e. The van der Waals surface area contributed by atoms with Gasteiger partial charge in [0.05, 0.1) is 11.6 Å². The van der Waals surface area contributed by atoms with Crippen LogP contribution >= 0.6 is 11.3 Å². The van der Waals surface area contributed by atoms with Gasteiger partial charge in [-0.3, -0.25) is 4.79 Å². The third-order valence-corrected chi connectivity index (χ3v) is 7.23. The van der Waals surface area contributed by atoms with Crippen LogP contribution in [-0.2, 0) is 15.9 Å². The van der Waals surface area contributed by atoms with Crippen LogP contribution in [0.25, 0.3) is 11.1 Å². The van der Waals surface area contributed by atoms with Gasteiger partial charge in [0, 0.05) is 42.7 Å². The van der Waals surface area contributed by atoms with E-state index >= 15 is 0 Å². The molecule has 35 heavy (non-hydrogen) atoms. The molecule has 0 aliphatic carbocycles. The first-order chi connectivity index (χ1) is 17.1. The number of ether oxygens (including phenoxy) is 2. The van der Waals surface area contributed by atoms with Gasteiger partial charge in [-0.15, -0.1) is 11.3 Å². The number of methoxy groups -OCH3 is 1. The number of anilines is 1. The summed E-state index contributed by atoms with van der Waals surface area (Å²) in [7, 11) is 1.58. The number of nitrogens with zero attached hydrogens (tertiary/aromatic N) is 2. The lowest BCUT2D eigenvalue weighted by Crippen LogP contribution is -2.38. The number of benzene rings is 2. The van der Waals surface area contributed by atoms with E-state index in [1.807, 2.05) is 29.6 Å². The van der Waals surface area contributed by atoms with Gasteiger partial charge in [-0.1, -0.05) is 49.4 Å². The Morgan fingerprint density at radius 1 is 1.09 bits per heavy atom. The van der Waals surface area contributed by atoms with Gasteiger partial charge < -0.3 is 19.7 Å². The SMILES string of the molecule is CCc1ccc(-c2ccccc2NC(=O)c2csc(C3CCN(C(=O)OCCOC)CC3)n2)cc1. The molecule has 2 amide bonds. The van der Waals surface area contributed by atoms with Crippen LogP contribution in [0, 0.1) is 0 Å². The number of para-hydroxylation sites is 1. The van der Waals surface area contributed by atoms with Gasteiger partial charge in [-0.2, -0.15) is 0 Å². The Morgan fingerprint density at radius 3 is 2.54 bits per heavy atom. The molecule has 1 fully saturated rings. The molecule has 3 aromatic rings. The smallest absolute Gasteiger partial charge is 0.409 e. The third kappa shape index (κ3) is 6.26. The Balaban J connectivity index is 1.37. The molecule has 1 aliphatic heterocycles. The Bertz CT molecular complexity index is 1140. The minimum Gasteiger partial charge on any atom is -0.447 e. The van der Waals surface area contributed by atoms with Crippen molar-refractivity contribution in [1.29, 1.82) is 0 Å². The van der Waals surface area contributed by atoms with Gasteiger partial charge in [0.15, 0.2) is 0 Å². The highest BCUT2D eigenvalue weighted by atomic mass is 32.1. The maximum atomic E-state index is 13.0. The molecular weight excluding hydrogens is 462 g/mol. The Morgan fingerprint density at radius 2 is 1.83 bits per heavy atom. The van der Waals surface area contributed by atoms with Gasteiger partial charge in [-0.05, 0) is 36.5 Å². The van der Waals surface area contributed by atoms with Crippen molar-refractivity contribution in [3.05, 3.63) is 70.2 Å². The van der Waals surface area contributed by atoms with E-state index in [1.165, 1.54) is 16.9 Å². The molecule has 4 rings (SSSR count). The van der Waals surface area contributed by atoms with Crippen molar-refractivity contribution in [1.82, 2.24) is 9.88 Å². The van der Waals surface area contributed by atoms with Gasteiger partial charge in [-0.25, -0.2) is 9.78 Å². The van der Waals surface area contributed by atoms with Crippen molar-refractivity contribution in [2.45, 2.75) is 32.1 Å². The molecule has 0 atom stereocenters. The number of thiazole rings is 1. The van der Waals surface area contributed by atoms with Gasteiger partial charge >= 0.3 is 6.09 Å². The number of piperidine rings is 1. The van der Waals surface area contributed by atoms with Gasteiger partial charge in [0.25, 0.3) is 5.91 Å². The van der Waals surface area contributed by atoms with Crippen molar-refractivity contribution in [3.63, 3.8) is 0 Å². The van der Waals surface area contributed by atoms with Gasteiger partial charge in [0.1, 0.15) is 12.3 Å². The third-order valence-electron chi connectivity index (χ3n) is 6.22. The van der Waals surface area contributed by atoms with Crippen LogP contribution in [0.5, 0.6) is 0 Å². The molecule has 8 heteroatoms. The predicted octanol–water partition coefficient (Wildman–Crippen LogP) is 5.59. The molecule has 1 aromatic heterocycles. The van der Waals surface area contributed by atoms with Crippen molar-refractivity contribution in [2.75, 3.05) is 38.7 Å². The molecule has 0 spiro atoms. The summed E-state index contributed by atoms with van der Waals surface area (Å²) >= 11 is 1.50. The number of carbonyl (C=O) groups excluding carboxylic acids is 2. The van der Waals surface area contributed by atoms with Crippen molar-refractivity contribution in [2.24, 2.45) is 0 Å². The number of aryl methyl sites for hydroxylation is 1. The van der Waals surface area contributed by atoms with Crippen LogP contribution in [0.3, 0.4) is 0 Å². The number of hydrogen-bond donors (Lipinski definition) is 1.